The lowest BCUT2D eigenvalue weighted by Crippen LogP contribution is -2.21. The molecule has 122 valence electrons. The van der Waals surface area contributed by atoms with Crippen LogP contribution in [0.15, 0.2) is 42.5 Å². The van der Waals surface area contributed by atoms with Gasteiger partial charge in [-0.2, -0.15) is 0 Å². The second-order valence-electron chi connectivity index (χ2n) is 4.91. The van der Waals surface area contributed by atoms with Crippen LogP contribution in [0.4, 0.5) is 15.8 Å². The Labute approximate surface area is 139 Å². The van der Waals surface area contributed by atoms with E-state index in [0.29, 0.717) is 23.7 Å². The minimum absolute atomic E-state index is 0.0104. The fourth-order valence-corrected chi connectivity index (χ4v) is 2.06. The third kappa shape index (κ3) is 5.45. The Morgan fingerprint density at radius 1 is 1.22 bits per heavy atom. The van der Waals surface area contributed by atoms with E-state index in [2.05, 4.69) is 10.6 Å². The Kier molecular flexibility index (Phi) is 6.23. The lowest BCUT2D eigenvalue weighted by molar-refractivity contribution is -0.114. The van der Waals surface area contributed by atoms with Crippen LogP contribution in [0, 0.1) is 5.82 Å². The maximum Gasteiger partial charge on any atom is 0.243 e. The fourth-order valence-electron chi connectivity index (χ4n) is 1.88. The molecule has 0 aromatic heterocycles. The lowest BCUT2D eigenvalue weighted by Gasteiger charge is -2.10. The van der Waals surface area contributed by atoms with Gasteiger partial charge < -0.3 is 15.4 Å². The van der Waals surface area contributed by atoms with E-state index in [1.165, 1.54) is 18.2 Å². The van der Waals surface area contributed by atoms with Crippen molar-refractivity contribution in [1.29, 1.82) is 0 Å². The van der Waals surface area contributed by atoms with E-state index >= 15 is 0 Å². The average molecular weight is 337 g/mol. The number of anilines is 2. The van der Waals surface area contributed by atoms with E-state index in [1.54, 1.807) is 12.1 Å². The summed E-state index contributed by atoms with van der Waals surface area (Å²) in [7, 11) is 0. The molecule has 2 aromatic carbocycles. The first-order valence-electron chi connectivity index (χ1n) is 7.30. The van der Waals surface area contributed by atoms with E-state index in [4.69, 9.17) is 16.3 Å². The molecule has 0 aliphatic rings. The van der Waals surface area contributed by atoms with Crippen LogP contribution < -0.4 is 15.4 Å². The number of rotatable bonds is 7. The summed E-state index contributed by atoms with van der Waals surface area (Å²) in [5, 5.41) is 5.66. The third-order valence-corrected chi connectivity index (χ3v) is 3.25. The minimum atomic E-state index is -0.495. The molecule has 0 saturated carbocycles. The van der Waals surface area contributed by atoms with Gasteiger partial charge in [0.05, 0.1) is 18.2 Å². The molecule has 2 rings (SSSR count). The predicted octanol–water partition coefficient (Wildman–Crippen LogP) is 4.32. The maximum absolute atomic E-state index is 13.1. The largest absolute Gasteiger partial charge is 0.494 e. The zero-order chi connectivity index (χ0) is 16.7. The molecule has 2 N–H and O–H groups in total. The van der Waals surface area contributed by atoms with E-state index in [0.717, 1.165) is 6.42 Å². The number of benzene rings is 2. The first-order valence-corrected chi connectivity index (χ1v) is 7.68. The van der Waals surface area contributed by atoms with Crippen molar-refractivity contribution in [1.82, 2.24) is 0 Å². The summed E-state index contributed by atoms with van der Waals surface area (Å²) >= 11 is 5.69. The lowest BCUT2D eigenvalue weighted by atomic mass is 10.3. The first-order chi connectivity index (χ1) is 11.1. The molecule has 1 amide bonds. The van der Waals surface area contributed by atoms with Gasteiger partial charge in [0.25, 0.3) is 0 Å². The zero-order valence-electron chi connectivity index (χ0n) is 12.7. The molecule has 0 spiro atoms. The fraction of sp³-hybridized carbons (Fsp3) is 0.235. The molecule has 0 atom stereocenters. The van der Waals surface area contributed by atoms with Gasteiger partial charge in [-0.25, -0.2) is 4.39 Å². The van der Waals surface area contributed by atoms with Crippen molar-refractivity contribution in [3.63, 3.8) is 0 Å². The van der Waals surface area contributed by atoms with Crippen molar-refractivity contribution in [2.45, 2.75) is 13.3 Å². The molecule has 0 heterocycles. The molecule has 4 nitrogen and oxygen atoms in total. The Morgan fingerprint density at radius 2 is 2.04 bits per heavy atom. The topological polar surface area (TPSA) is 50.4 Å². The summed E-state index contributed by atoms with van der Waals surface area (Å²) in [6.45, 7) is 2.70. The first kappa shape index (κ1) is 17.1. The van der Waals surface area contributed by atoms with Crippen molar-refractivity contribution in [3.05, 3.63) is 53.3 Å². The highest BCUT2D eigenvalue weighted by molar-refractivity contribution is 6.31. The van der Waals surface area contributed by atoms with Gasteiger partial charge in [0.2, 0.25) is 5.91 Å². The molecule has 0 bridgehead atoms. The number of ether oxygens (including phenoxy) is 1. The van der Waals surface area contributed by atoms with Crippen LogP contribution in [0.5, 0.6) is 5.75 Å². The number of carbonyl (C=O) groups is 1. The van der Waals surface area contributed by atoms with E-state index in [9.17, 15) is 9.18 Å². The quantitative estimate of drug-likeness (QED) is 0.791. The normalized spacial score (nSPS) is 10.2. The van der Waals surface area contributed by atoms with Gasteiger partial charge in [0, 0.05) is 17.4 Å². The number of hydrogen-bond acceptors (Lipinski definition) is 3. The SMILES string of the molecule is CCCOc1cccc(NC(=O)CNc2ccc(F)c(Cl)c2)c1. The number of carbonyl (C=O) groups excluding carboxylic acids is 1. The van der Waals surface area contributed by atoms with Gasteiger partial charge in [0.1, 0.15) is 11.6 Å². The molecule has 0 aliphatic heterocycles. The van der Waals surface area contributed by atoms with Crippen LogP contribution in [0.2, 0.25) is 5.02 Å². The van der Waals surface area contributed by atoms with Crippen molar-refractivity contribution < 1.29 is 13.9 Å². The molecular weight excluding hydrogens is 319 g/mol. The molecule has 6 heteroatoms. The van der Waals surface area contributed by atoms with Crippen LogP contribution in [0.3, 0.4) is 0 Å². The predicted molar refractivity (Wildman–Crippen MR) is 90.8 cm³/mol. The number of halogens is 2. The summed E-state index contributed by atoms with van der Waals surface area (Å²) in [6, 6.07) is 11.4. The standard InChI is InChI=1S/C17H18ClFN2O2/c1-2-8-23-14-5-3-4-13(9-14)21-17(22)11-20-12-6-7-16(19)15(18)10-12/h3-7,9-10,20H,2,8,11H2,1H3,(H,21,22). The molecule has 0 saturated heterocycles. The number of amides is 1. The van der Waals surface area contributed by atoms with Gasteiger partial charge in [-0.3, -0.25) is 4.79 Å². The van der Waals surface area contributed by atoms with E-state index < -0.39 is 5.82 Å². The molecule has 23 heavy (non-hydrogen) atoms. The van der Waals surface area contributed by atoms with Crippen LogP contribution in [-0.2, 0) is 4.79 Å². The van der Waals surface area contributed by atoms with Gasteiger partial charge in [-0.15, -0.1) is 0 Å². The van der Waals surface area contributed by atoms with Crippen LogP contribution in [0.1, 0.15) is 13.3 Å². The second-order valence-corrected chi connectivity index (χ2v) is 5.31. The summed E-state index contributed by atoms with van der Waals surface area (Å²) in [5.74, 6) is -0.00780. The highest BCUT2D eigenvalue weighted by atomic mass is 35.5. The van der Waals surface area contributed by atoms with Gasteiger partial charge in [0.15, 0.2) is 0 Å². The molecule has 0 aliphatic carbocycles. The second kappa shape index (κ2) is 8.39. The maximum atomic E-state index is 13.1. The van der Waals surface area contributed by atoms with Crippen molar-refractivity contribution >= 4 is 28.9 Å². The third-order valence-electron chi connectivity index (χ3n) is 2.96. The van der Waals surface area contributed by atoms with Gasteiger partial charge in [-0.1, -0.05) is 24.6 Å². The van der Waals surface area contributed by atoms with Crippen LogP contribution >= 0.6 is 11.6 Å². The van der Waals surface area contributed by atoms with Gasteiger partial charge in [-0.05, 0) is 36.8 Å². The molecule has 0 radical (unpaired) electrons. The molecular formula is C17H18ClFN2O2. The Hall–Kier alpha value is -2.27. The summed E-state index contributed by atoms with van der Waals surface area (Å²) < 4.78 is 18.6. The van der Waals surface area contributed by atoms with Crippen molar-refractivity contribution in [2.75, 3.05) is 23.8 Å². The molecule has 2 aromatic rings. The Bertz CT molecular complexity index is 679. The van der Waals surface area contributed by atoms with Gasteiger partial charge >= 0.3 is 0 Å². The van der Waals surface area contributed by atoms with Crippen LogP contribution in [0.25, 0.3) is 0 Å². The Morgan fingerprint density at radius 3 is 2.78 bits per heavy atom. The molecule has 0 unspecified atom stereocenters. The molecule has 0 fully saturated rings. The highest BCUT2D eigenvalue weighted by Gasteiger charge is 2.05. The van der Waals surface area contributed by atoms with Crippen molar-refractivity contribution in [2.24, 2.45) is 0 Å². The van der Waals surface area contributed by atoms with Crippen LogP contribution in [-0.4, -0.2) is 19.1 Å². The minimum Gasteiger partial charge on any atom is -0.494 e. The van der Waals surface area contributed by atoms with Crippen molar-refractivity contribution in [3.8, 4) is 5.75 Å². The van der Waals surface area contributed by atoms with E-state index in [-0.39, 0.29) is 17.5 Å². The smallest absolute Gasteiger partial charge is 0.243 e. The Balaban J connectivity index is 1.88. The number of hydrogen-bond donors (Lipinski definition) is 2. The number of nitrogens with one attached hydrogen (secondary N) is 2. The van der Waals surface area contributed by atoms with E-state index in [1.807, 2.05) is 19.1 Å². The average Bonchev–Trinajstić information content (AvgIpc) is 2.54. The highest BCUT2D eigenvalue weighted by Crippen LogP contribution is 2.20. The zero-order valence-corrected chi connectivity index (χ0v) is 13.5. The monoisotopic (exact) mass is 336 g/mol. The summed E-state index contributed by atoms with van der Waals surface area (Å²) in [5.41, 5.74) is 1.23. The summed E-state index contributed by atoms with van der Waals surface area (Å²) in [6.07, 6.45) is 0.917. The summed E-state index contributed by atoms with van der Waals surface area (Å²) in [4.78, 5) is 11.9.